The number of hydrogen-bond donors (Lipinski definition) is 1. The number of carboxylic acid groups (broad SMARTS) is 1. The molecule has 0 aliphatic rings. The van der Waals surface area contributed by atoms with Crippen LogP contribution in [0.25, 0.3) is 6.08 Å². The van der Waals surface area contributed by atoms with Gasteiger partial charge in [-0.15, -0.1) is 0 Å². The standard InChI is InChI=1S/C13H15BrO3/c1-7-8(2)13(17-4)10(5-6-11(15)16)9(3)12(7)14/h5-6H,1-4H3,(H,15,16)/b6-5+. The molecule has 0 atom stereocenters. The number of rotatable bonds is 3. The lowest BCUT2D eigenvalue weighted by atomic mass is 9.98. The minimum atomic E-state index is -0.971. The van der Waals surface area contributed by atoms with Crippen LogP contribution in [0.3, 0.4) is 0 Å². The summed E-state index contributed by atoms with van der Waals surface area (Å²) in [5.41, 5.74) is 3.88. The van der Waals surface area contributed by atoms with Crippen molar-refractivity contribution >= 4 is 28.0 Å². The van der Waals surface area contributed by atoms with E-state index < -0.39 is 5.97 Å². The van der Waals surface area contributed by atoms with Crippen LogP contribution in [-0.2, 0) is 4.79 Å². The van der Waals surface area contributed by atoms with Crippen molar-refractivity contribution in [2.24, 2.45) is 0 Å². The summed E-state index contributed by atoms with van der Waals surface area (Å²) in [5.74, 6) is -0.249. The van der Waals surface area contributed by atoms with E-state index in [0.717, 1.165) is 38.6 Å². The van der Waals surface area contributed by atoms with Crippen LogP contribution in [0.4, 0.5) is 0 Å². The Morgan fingerprint density at radius 1 is 1.24 bits per heavy atom. The molecule has 0 spiro atoms. The van der Waals surface area contributed by atoms with E-state index >= 15 is 0 Å². The van der Waals surface area contributed by atoms with Crippen LogP contribution < -0.4 is 4.74 Å². The molecule has 1 aromatic rings. The Morgan fingerprint density at radius 3 is 2.29 bits per heavy atom. The van der Waals surface area contributed by atoms with Crippen LogP contribution in [-0.4, -0.2) is 18.2 Å². The highest BCUT2D eigenvalue weighted by atomic mass is 79.9. The summed E-state index contributed by atoms with van der Waals surface area (Å²) in [5, 5.41) is 8.68. The zero-order valence-corrected chi connectivity index (χ0v) is 11.9. The van der Waals surface area contributed by atoms with Crippen LogP contribution in [0.15, 0.2) is 10.5 Å². The van der Waals surface area contributed by atoms with E-state index in [0.29, 0.717) is 0 Å². The van der Waals surface area contributed by atoms with Gasteiger partial charge in [-0.1, -0.05) is 15.9 Å². The molecule has 0 aromatic heterocycles. The Bertz CT molecular complexity index is 490. The van der Waals surface area contributed by atoms with Gasteiger partial charge >= 0.3 is 5.97 Å². The van der Waals surface area contributed by atoms with Crippen molar-refractivity contribution in [3.8, 4) is 5.75 Å². The van der Waals surface area contributed by atoms with Crippen molar-refractivity contribution in [2.75, 3.05) is 7.11 Å². The van der Waals surface area contributed by atoms with Crippen LogP contribution >= 0.6 is 15.9 Å². The Hall–Kier alpha value is -1.29. The molecular formula is C13H15BrO3. The molecule has 3 nitrogen and oxygen atoms in total. The van der Waals surface area contributed by atoms with Gasteiger partial charge in [0.1, 0.15) is 5.75 Å². The fourth-order valence-electron chi connectivity index (χ4n) is 1.73. The fourth-order valence-corrected chi connectivity index (χ4v) is 2.24. The van der Waals surface area contributed by atoms with Gasteiger partial charge in [-0.05, 0) is 43.5 Å². The normalized spacial score (nSPS) is 10.9. The van der Waals surface area contributed by atoms with Crippen molar-refractivity contribution in [2.45, 2.75) is 20.8 Å². The molecule has 1 rings (SSSR count). The van der Waals surface area contributed by atoms with E-state index in [1.54, 1.807) is 13.2 Å². The van der Waals surface area contributed by atoms with Crippen molar-refractivity contribution in [1.29, 1.82) is 0 Å². The number of benzene rings is 1. The average molecular weight is 299 g/mol. The number of hydrogen-bond acceptors (Lipinski definition) is 2. The van der Waals surface area contributed by atoms with E-state index in [9.17, 15) is 4.79 Å². The monoisotopic (exact) mass is 298 g/mol. The zero-order valence-electron chi connectivity index (χ0n) is 10.3. The summed E-state index contributed by atoms with van der Waals surface area (Å²) in [6, 6.07) is 0. The summed E-state index contributed by atoms with van der Waals surface area (Å²) >= 11 is 3.51. The number of ether oxygens (including phenoxy) is 1. The second-order valence-corrected chi connectivity index (χ2v) is 4.60. The highest BCUT2D eigenvalue weighted by Crippen LogP contribution is 2.36. The van der Waals surface area contributed by atoms with Gasteiger partial charge in [0.15, 0.2) is 0 Å². The molecule has 0 saturated carbocycles. The Morgan fingerprint density at radius 2 is 1.82 bits per heavy atom. The third kappa shape index (κ3) is 2.69. The number of methoxy groups -OCH3 is 1. The first-order chi connectivity index (χ1) is 7.90. The average Bonchev–Trinajstić information content (AvgIpc) is 2.29. The van der Waals surface area contributed by atoms with Gasteiger partial charge in [0.2, 0.25) is 0 Å². The fraction of sp³-hybridized carbons (Fsp3) is 0.308. The summed E-state index contributed by atoms with van der Waals surface area (Å²) in [6.07, 6.45) is 2.68. The van der Waals surface area contributed by atoms with Crippen molar-refractivity contribution in [3.05, 3.63) is 32.8 Å². The lowest BCUT2D eigenvalue weighted by Gasteiger charge is -2.16. The first kappa shape index (κ1) is 13.8. The van der Waals surface area contributed by atoms with Gasteiger partial charge in [0.25, 0.3) is 0 Å². The maximum Gasteiger partial charge on any atom is 0.328 e. The quantitative estimate of drug-likeness (QED) is 0.869. The summed E-state index contributed by atoms with van der Waals surface area (Å²) in [6.45, 7) is 5.89. The van der Waals surface area contributed by atoms with E-state index in [1.807, 2.05) is 20.8 Å². The maximum atomic E-state index is 10.6. The largest absolute Gasteiger partial charge is 0.496 e. The minimum absolute atomic E-state index is 0.723. The molecule has 1 N–H and O–H groups in total. The van der Waals surface area contributed by atoms with Gasteiger partial charge in [0.05, 0.1) is 7.11 Å². The molecule has 0 aliphatic heterocycles. The molecule has 0 aliphatic carbocycles. The molecule has 0 fully saturated rings. The predicted molar refractivity (Wildman–Crippen MR) is 71.6 cm³/mol. The van der Waals surface area contributed by atoms with Crippen LogP contribution in [0.5, 0.6) is 5.75 Å². The van der Waals surface area contributed by atoms with Gasteiger partial charge in [-0.25, -0.2) is 4.79 Å². The van der Waals surface area contributed by atoms with Crippen LogP contribution in [0, 0.1) is 20.8 Å². The molecule has 0 heterocycles. The molecule has 92 valence electrons. The van der Waals surface area contributed by atoms with Gasteiger partial charge in [-0.2, -0.15) is 0 Å². The molecule has 0 amide bonds. The van der Waals surface area contributed by atoms with Crippen LogP contribution in [0.1, 0.15) is 22.3 Å². The van der Waals surface area contributed by atoms with Crippen molar-refractivity contribution in [3.63, 3.8) is 0 Å². The van der Waals surface area contributed by atoms with Gasteiger partial charge in [-0.3, -0.25) is 0 Å². The lowest BCUT2D eigenvalue weighted by Crippen LogP contribution is -1.99. The predicted octanol–water partition coefficient (Wildman–Crippen LogP) is 3.48. The molecule has 17 heavy (non-hydrogen) atoms. The molecule has 0 bridgehead atoms. The topological polar surface area (TPSA) is 46.5 Å². The molecule has 4 heteroatoms. The van der Waals surface area contributed by atoms with Crippen LogP contribution in [0.2, 0.25) is 0 Å². The minimum Gasteiger partial charge on any atom is -0.496 e. The highest BCUT2D eigenvalue weighted by molar-refractivity contribution is 9.10. The van der Waals surface area contributed by atoms with E-state index in [1.165, 1.54) is 0 Å². The molecular weight excluding hydrogens is 284 g/mol. The Kier molecular flexibility index (Phi) is 4.34. The lowest BCUT2D eigenvalue weighted by molar-refractivity contribution is -0.131. The Balaban J connectivity index is 3.52. The number of carbonyl (C=O) groups is 1. The molecule has 1 aromatic carbocycles. The van der Waals surface area contributed by atoms with E-state index in [2.05, 4.69) is 15.9 Å². The zero-order chi connectivity index (χ0) is 13.2. The van der Waals surface area contributed by atoms with E-state index in [4.69, 9.17) is 9.84 Å². The molecule has 0 unspecified atom stereocenters. The number of halogens is 1. The summed E-state index contributed by atoms with van der Waals surface area (Å²) in [4.78, 5) is 10.6. The second-order valence-electron chi connectivity index (χ2n) is 3.81. The number of aliphatic carboxylic acids is 1. The smallest absolute Gasteiger partial charge is 0.328 e. The first-order valence-electron chi connectivity index (χ1n) is 5.14. The first-order valence-corrected chi connectivity index (χ1v) is 5.93. The van der Waals surface area contributed by atoms with Crippen molar-refractivity contribution < 1.29 is 14.6 Å². The third-order valence-electron chi connectivity index (χ3n) is 2.81. The maximum absolute atomic E-state index is 10.6. The van der Waals surface area contributed by atoms with E-state index in [-0.39, 0.29) is 0 Å². The summed E-state index contributed by atoms with van der Waals surface area (Å²) < 4.78 is 6.35. The van der Waals surface area contributed by atoms with Gasteiger partial charge < -0.3 is 9.84 Å². The Labute approximate surface area is 109 Å². The SMILES string of the molecule is COc1c(C)c(C)c(Br)c(C)c1/C=C/C(=O)O. The molecule has 0 radical (unpaired) electrons. The molecule has 0 saturated heterocycles. The highest BCUT2D eigenvalue weighted by Gasteiger charge is 2.14. The van der Waals surface area contributed by atoms with Crippen molar-refractivity contribution in [1.82, 2.24) is 0 Å². The third-order valence-corrected chi connectivity index (χ3v) is 4.00. The summed E-state index contributed by atoms with van der Waals surface area (Å²) in [7, 11) is 1.59. The second kappa shape index (κ2) is 5.36. The van der Waals surface area contributed by atoms with Gasteiger partial charge in [0, 0.05) is 16.1 Å². The number of carboxylic acids is 1.